The van der Waals surface area contributed by atoms with Crippen LogP contribution in [0.25, 0.3) is 0 Å². The van der Waals surface area contributed by atoms with Gasteiger partial charge in [-0.3, -0.25) is 4.90 Å². The van der Waals surface area contributed by atoms with Gasteiger partial charge >= 0.3 is 6.09 Å². The van der Waals surface area contributed by atoms with Gasteiger partial charge < -0.3 is 28.5 Å². The van der Waals surface area contributed by atoms with E-state index in [0.717, 1.165) is 0 Å². The molecule has 1 amide bonds. The highest BCUT2D eigenvalue weighted by Crippen LogP contribution is 2.73. The molecule has 220 valence electrons. The first-order chi connectivity index (χ1) is 19.2. The maximum absolute atomic E-state index is 13.7. The predicted molar refractivity (Wildman–Crippen MR) is 160 cm³/mol. The van der Waals surface area contributed by atoms with Crippen LogP contribution < -0.4 is 9.33 Å². The van der Waals surface area contributed by atoms with Gasteiger partial charge in [0.15, 0.2) is 11.4 Å². The zero-order valence-electron chi connectivity index (χ0n) is 25.2. The molecule has 1 N–H and O–H groups in total. The van der Waals surface area contributed by atoms with Crippen LogP contribution in [0, 0.1) is 30.1 Å². The minimum absolute atomic E-state index is 0.0159. The molecule has 1 saturated carbocycles. The highest BCUT2D eigenvalue weighted by atomic mass is 28.4. The molecule has 2 heterocycles. The van der Waals surface area contributed by atoms with Gasteiger partial charge in [-0.25, -0.2) is 4.79 Å². The molecule has 41 heavy (non-hydrogen) atoms. The van der Waals surface area contributed by atoms with Gasteiger partial charge in [0, 0.05) is 26.2 Å². The predicted octanol–water partition coefficient (Wildman–Crippen LogP) is 5.13. The standard InChI is InChI=1S/C32H41NO7Si/c1-11-13-14-15-16-26-31-22(3)21-30(36-7,37-8)27(34)32(31,40-31)24-20-23(39-41(9,10)29(4,5)6)17-18-25(24)33(26)28(35)38-19-12-2/h1,12-14,17-18,20,22,26-27,34H,2,19,21H2,3-10H3/b14-13-/t22-,26-,27-,31-,32-/m0/s1. The van der Waals surface area contributed by atoms with Gasteiger partial charge in [0.05, 0.1) is 5.69 Å². The summed E-state index contributed by atoms with van der Waals surface area (Å²) in [5, 5.41) is 12.0. The number of carbonyl (C=O) groups excluding carboxylic acids is 1. The molecule has 1 aromatic carbocycles. The molecule has 0 aromatic heterocycles. The van der Waals surface area contributed by atoms with Crippen molar-refractivity contribution in [1.82, 2.24) is 0 Å². The second kappa shape index (κ2) is 10.7. The van der Waals surface area contributed by atoms with Crippen molar-refractivity contribution in [3.05, 3.63) is 48.6 Å². The number of epoxide rings is 1. The number of allylic oxidation sites excluding steroid dienone is 2. The number of aliphatic hydroxyl groups excluding tert-OH is 1. The number of benzene rings is 1. The van der Waals surface area contributed by atoms with Crippen molar-refractivity contribution in [1.29, 1.82) is 0 Å². The van der Waals surface area contributed by atoms with Crippen molar-refractivity contribution in [2.45, 2.75) is 81.4 Å². The largest absolute Gasteiger partial charge is 0.543 e. The first-order valence-electron chi connectivity index (χ1n) is 13.7. The van der Waals surface area contributed by atoms with E-state index in [9.17, 15) is 9.90 Å². The van der Waals surface area contributed by atoms with Gasteiger partial charge in [-0.2, -0.15) is 0 Å². The SMILES string of the molecule is C#C/C=C\C#C[C@@H]1N(C(=O)OCC=C)c2ccc(O[Si](C)(C)C(C)(C)C)cc2[C@@]23O[C@@]12[C@@H](C)CC(OC)(OC)[C@@H]3O. The molecule has 2 aliphatic heterocycles. The molecule has 4 rings (SSSR count). The molecule has 3 aliphatic rings. The molecule has 0 bridgehead atoms. The Hall–Kier alpha value is -3.05. The number of amides is 1. The molecule has 9 heteroatoms. The van der Waals surface area contributed by atoms with Gasteiger partial charge in [0.25, 0.3) is 0 Å². The number of carbonyl (C=O) groups is 1. The van der Waals surface area contributed by atoms with Crippen molar-refractivity contribution in [3.8, 4) is 29.9 Å². The molecule has 0 spiro atoms. The first kappa shape index (κ1) is 30.9. The van der Waals surface area contributed by atoms with Crippen molar-refractivity contribution in [3.63, 3.8) is 0 Å². The summed E-state index contributed by atoms with van der Waals surface area (Å²) < 4.78 is 30.6. The summed E-state index contributed by atoms with van der Waals surface area (Å²) in [6.07, 6.45) is 8.33. The summed E-state index contributed by atoms with van der Waals surface area (Å²) in [7, 11) is 0.784. The van der Waals surface area contributed by atoms with Crippen LogP contribution in [0.4, 0.5) is 10.5 Å². The summed E-state index contributed by atoms with van der Waals surface area (Å²) in [5.74, 6) is 7.59. The van der Waals surface area contributed by atoms with Crippen LogP contribution in [0.5, 0.6) is 5.75 Å². The number of fused-ring (bicyclic) bond motifs is 1. The van der Waals surface area contributed by atoms with E-state index in [4.69, 9.17) is 29.8 Å². The summed E-state index contributed by atoms with van der Waals surface area (Å²) in [6, 6.07) is 4.68. The zero-order valence-corrected chi connectivity index (χ0v) is 26.2. The monoisotopic (exact) mass is 579 g/mol. The third-order valence-corrected chi connectivity index (χ3v) is 13.5. The first-order valence-corrected chi connectivity index (χ1v) is 16.6. The number of anilines is 1. The Labute approximate surface area is 244 Å². The van der Waals surface area contributed by atoms with E-state index >= 15 is 0 Å². The third-order valence-electron chi connectivity index (χ3n) is 9.16. The highest BCUT2D eigenvalue weighted by molar-refractivity contribution is 6.74. The molecule has 1 aromatic rings. The Kier molecular flexibility index (Phi) is 8.03. The third kappa shape index (κ3) is 4.52. The summed E-state index contributed by atoms with van der Waals surface area (Å²) in [5.41, 5.74) is -1.33. The van der Waals surface area contributed by atoms with E-state index in [1.807, 2.05) is 19.1 Å². The Balaban J connectivity index is 1.99. The quantitative estimate of drug-likeness (QED) is 0.164. The lowest BCUT2D eigenvalue weighted by atomic mass is 9.61. The molecule has 2 fully saturated rings. The van der Waals surface area contributed by atoms with E-state index < -0.39 is 43.5 Å². The number of rotatable bonds is 6. The van der Waals surface area contributed by atoms with Gasteiger partial charge in [-0.15, -0.1) is 6.42 Å². The van der Waals surface area contributed by atoms with Crippen LogP contribution >= 0.6 is 0 Å². The van der Waals surface area contributed by atoms with Crippen LogP contribution in [0.2, 0.25) is 18.1 Å². The summed E-state index contributed by atoms with van der Waals surface area (Å²) >= 11 is 0. The molecule has 0 radical (unpaired) electrons. The summed E-state index contributed by atoms with van der Waals surface area (Å²) in [4.78, 5) is 15.2. The van der Waals surface area contributed by atoms with Crippen LogP contribution in [0.15, 0.2) is 43.0 Å². The maximum atomic E-state index is 13.7. The number of nitrogens with zero attached hydrogens (tertiary/aromatic N) is 1. The van der Waals surface area contributed by atoms with Crippen molar-refractivity contribution >= 4 is 20.1 Å². The van der Waals surface area contributed by atoms with E-state index in [-0.39, 0.29) is 17.6 Å². The second-order valence-electron chi connectivity index (χ2n) is 12.3. The molecule has 8 nitrogen and oxygen atoms in total. The lowest BCUT2D eigenvalue weighted by Crippen LogP contribution is -2.67. The van der Waals surface area contributed by atoms with Crippen LogP contribution in [-0.2, 0) is 24.5 Å². The minimum Gasteiger partial charge on any atom is -0.543 e. The van der Waals surface area contributed by atoms with Gasteiger partial charge in [-0.1, -0.05) is 58.1 Å². The smallest absolute Gasteiger partial charge is 0.415 e. The number of hydrogen-bond donors (Lipinski definition) is 1. The van der Waals surface area contributed by atoms with Crippen LogP contribution in [0.1, 0.15) is 39.7 Å². The number of ether oxygens (including phenoxy) is 4. The number of hydrogen-bond acceptors (Lipinski definition) is 7. The van der Waals surface area contributed by atoms with E-state index in [0.29, 0.717) is 23.4 Å². The van der Waals surface area contributed by atoms with E-state index in [1.54, 1.807) is 6.07 Å². The van der Waals surface area contributed by atoms with Crippen molar-refractivity contribution in [2.24, 2.45) is 5.92 Å². The fourth-order valence-corrected chi connectivity index (χ4v) is 7.07. The second-order valence-corrected chi connectivity index (χ2v) is 17.1. The zero-order chi connectivity index (χ0) is 30.4. The number of terminal acetylenes is 1. The minimum atomic E-state index is -2.23. The Morgan fingerprint density at radius 3 is 2.56 bits per heavy atom. The fourth-order valence-electron chi connectivity index (χ4n) is 6.05. The molecule has 1 saturated heterocycles. The lowest BCUT2D eigenvalue weighted by molar-refractivity contribution is -0.289. The van der Waals surface area contributed by atoms with Crippen molar-refractivity contribution in [2.75, 3.05) is 25.7 Å². The van der Waals surface area contributed by atoms with Gasteiger partial charge in [0.2, 0.25) is 8.32 Å². The Morgan fingerprint density at radius 2 is 1.98 bits per heavy atom. The van der Waals surface area contributed by atoms with E-state index in [2.05, 4.69) is 58.2 Å². The number of aliphatic hydroxyl groups is 1. The normalized spacial score (nSPS) is 29.7. The van der Waals surface area contributed by atoms with E-state index in [1.165, 1.54) is 37.3 Å². The molecule has 0 unspecified atom stereocenters. The number of methoxy groups -OCH3 is 2. The van der Waals surface area contributed by atoms with Crippen LogP contribution in [-0.4, -0.2) is 63.9 Å². The average molecular weight is 580 g/mol. The highest BCUT2D eigenvalue weighted by Gasteiger charge is 2.88. The van der Waals surface area contributed by atoms with Crippen molar-refractivity contribution < 1.29 is 33.3 Å². The molecular weight excluding hydrogens is 538 g/mol. The fraction of sp³-hybridized carbons (Fsp3) is 0.531. The van der Waals surface area contributed by atoms with Gasteiger partial charge in [-0.05, 0) is 54.4 Å². The topological polar surface area (TPSA) is 90.0 Å². The Bertz CT molecular complexity index is 1340. The molecular formula is C32H41NO7Si. The average Bonchev–Trinajstić information content (AvgIpc) is 3.65. The maximum Gasteiger partial charge on any atom is 0.415 e. The van der Waals surface area contributed by atoms with Gasteiger partial charge in [0.1, 0.15) is 30.1 Å². The molecule has 5 atom stereocenters. The lowest BCUT2D eigenvalue weighted by Gasteiger charge is -2.51. The Morgan fingerprint density at radius 1 is 1.29 bits per heavy atom. The summed E-state index contributed by atoms with van der Waals surface area (Å²) in [6.45, 7) is 16.5. The molecule has 1 aliphatic carbocycles. The van der Waals surface area contributed by atoms with Crippen LogP contribution in [0.3, 0.4) is 0 Å².